The molecule has 2 aromatic carbocycles. The van der Waals surface area contributed by atoms with Crippen LogP contribution in [0.4, 0.5) is 5.69 Å². The minimum absolute atomic E-state index is 0.0156. The molecule has 1 N–H and O–H groups in total. The Balaban J connectivity index is 1.96. The number of rotatable bonds is 7. The first-order valence-corrected chi connectivity index (χ1v) is 10.7. The molecule has 0 aliphatic heterocycles. The molecule has 0 aliphatic rings. The second-order valence-corrected chi connectivity index (χ2v) is 8.31. The number of methoxy groups -OCH3 is 3. The smallest absolute Gasteiger partial charge is 0.337 e. The lowest BCUT2D eigenvalue weighted by Gasteiger charge is -2.11. The molecule has 168 valence electrons. The van der Waals surface area contributed by atoms with E-state index >= 15 is 0 Å². The van der Waals surface area contributed by atoms with Crippen LogP contribution < -0.4 is 4.72 Å². The number of carbonyl (C=O) groups is 3. The molecule has 0 bridgehead atoms. The Hall–Kier alpha value is -3.86. The highest BCUT2D eigenvalue weighted by Crippen LogP contribution is 2.24. The molecule has 0 fully saturated rings. The maximum atomic E-state index is 13.0. The van der Waals surface area contributed by atoms with E-state index in [1.807, 2.05) is 0 Å². The molecule has 3 rings (SSSR count). The fraction of sp³-hybridized carbons (Fsp3) is 0.190. The van der Waals surface area contributed by atoms with Gasteiger partial charge in [0.1, 0.15) is 6.54 Å². The van der Waals surface area contributed by atoms with Crippen molar-refractivity contribution in [2.45, 2.75) is 11.4 Å². The molecule has 11 heteroatoms. The van der Waals surface area contributed by atoms with Crippen LogP contribution in [0.25, 0.3) is 10.9 Å². The number of nitrogens with one attached hydrogen (secondary N) is 1. The normalized spacial score (nSPS) is 11.1. The summed E-state index contributed by atoms with van der Waals surface area (Å²) >= 11 is 0. The lowest BCUT2D eigenvalue weighted by Crippen LogP contribution is -2.16. The second-order valence-electron chi connectivity index (χ2n) is 6.63. The number of ether oxygens (including phenoxy) is 3. The van der Waals surface area contributed by atoms with Crippen molar-refractivity contribution in [3.63, 3.8) is 0 Å². The van der Waals surface area contributed by atoms with Crippen molar-refractivity contribution < 1.29 is 37.0 Å². The first-order chi connectivity index (χ1) is 15.2. The molecule has 0 aliphatic carbocycles. The van der Waals surface area contributed by atoms with E-state index in [2.05, 4.69) is 18.9 Å². The number of nitrogens with zero attached hydrogens (tertiary/aromatic N) is 1. The van der Waals surface area contributed by atoms with Gasteiger partial charge in [-0.3, -0.25) is 9.52 Å². The van der Waals surface area contributed by atoms with Gasteiger partial charge in [0.25, 0.3) is 10.0 Å². The Bertz CT molecular complexity index is 1280. The highest BCUT2D eigenvalue weighted by atomic mass is 32.2. The third-order valence-electron chi connectivity index (χ3n) is 4.61. The molecular formula is C21H20N2O8S. The standard InChI is InChI=1S/C21H20N2O8S/c1-29-19(24)12-23-7-6-13-9-16(4-5-18(13)23)22-32(27,28)17-10-14(20(25)30-2)8-15(11-17)21(26)31-3/h4-11,22H,12H2,1-3H3. The number of carbonyl (C=O) groups excluding carboxylic acids is 3. The van der Waals surface area contributed by atoms with Gasteiger partial charge in [-0.1, -0.05) is 0 Å². The molecule has 0 saturated carbocycles. The van der Waals surface area contributed by atoms with Crippen molar-refractivity contribution in [2.75, 3.05) is 26.1 Å². The molecule has 0 saturated heterocycles. The summed E-state index contributed by atoms with van der Waals surface area (Å²) in [7, 11) is -0.600. The van der Waals surface area contributed by atoms with Crippen molar-refractivity contribution in [1.82, 2.24) is 4.57 Å². The monoisotopic (exact) mass is 460 g/mol. The first-order valence-electron chi connectivity index (χ1n) is 9.18. The lowest BCUT2D eigenvalue weighted by molar-refractivity contribution is -0.141. The van der Waals surface area contributed by atoms with Crippen molar-refractivity contribution in [3.8, 4) is 0 Å². The summed E-state index contributed by atoms with van der Waals surface area (Å²) < 4.78 is 44.0. The Kier molecular flexibility index (Phi) is 6.49. The van der Waals surface area contributed by atoms with Crippen LogP contribution in [0.3, 0.4) is 0 Å². The zero-order valence-electron chi connectivity index (χ0n) is 17.4. The molecule has 0 amide bonds. The average molecular weight is 460 g/mol. The van der Waals surface area contributed by atoms with Crippen LogP contribution in [0, 0.1) is 0 Å². The molecule has 0 spiro atoms. The van der Waals surface area contributed by atoms with Crippen LogP contribution in [0.5, 0.6) is 0 Å². The lowest BCUT2D eigenvalue weighted by atomic mass is 10.1. The van der Waals surface area contributed by atoms with Gasteiger partial charge in [-0.2, -0.15) is 0 Å². The van der Waals surface area contributed by atoms with Gasteiger partial charge in [-0.15, -0.1) is 0 Å². The molecule has 1 heterocycles. The number of anilines is 1. The van der Waals surface area contributed by atoms with Crippen LogP contribution >= 0.6 is 0 Å². The molecule has 10 nitrogen and oxygen atoms in total. The number of fused-ring (bicyclic) bond motifs is 1. The van der Waals surface area contributed by atoms with Crippen molar-refractivity contribution >= 4 is 44.5 Å². The molecule has 32 heavy (non-hydrogen) atoms. The number of hydrogen-bond acceptors (Lipinski definition) is 8. The minimum Gasteiger partial charge on any atom is -0.468 e. The van der Waals surface area contributed by atoms with E-state index in [0.717, 1.165) is 26.4 Å². The predicted octanol–water partition coefficient (Wildman–Crippen LogP) is 2.19. The van der Waals surface area contributed by atoms with Gasteiger partial charge in [0.05, 0.1) is 37.4 Å². The second kappa shape index (κ2) is 9.10. The van der Waals surface area contributed by atoms with Crippen LogP contribution in [0.1, 0.15) is 20.7 Å². The van der Waals surface area contributed by atoms with E-state index in [0.29, 0.717) is 10.9 Å². The molecular weight excluding hydrogens is 440 g/mol. The fourth-order valence-corrected chi connectivity index (χ4v) is 4.16. The van der Waals surface area contributed by atoms with E-state index in [4.69, 9.17) is 0 Å². The zero-order valence-corrected chi connectivity index (χ0v) is 18.3. The summed E-state index contributed by atoms with van der Waals surface area (Å²) in [4.78, 5) is 35.1. The maximum absolute atomic E-state index is 13.0. The van der Waals surface area contributed by atoms with Crippen LogP contribution in [0.15, 0.2) is 53.6 Å². The fourth-order valence-electron chi connectivity index (χ4n) is 3.04. The van der Waals surface area contributed by atoms with Gasteiger partial charge >= 0.3 is 17.9 Å². The summed E-state index contributed by atoms with van der Waals surface area (Å²) in [5.41, 5.74) is 0.715. The summed E-state index contributed by atoms with van der Waals surface area (Å²) in [6, 6.07) is 9.89. The van der Waals surface area contributed by atoms with Crippen molar-refractivity contribution in [2.24, 2.45) is 0 Å². The quantitative estimate of drug-likeness (QED) is 0.419. The Morgan fingerprint density at radius 3 is 2.06 bits per heavy atom. The summed E-state index contributed by atoms with van der Waals surface area (Å²) in [5.74, 6) is -2.03. The van der Waals surface area contributed by atoms with E-state index in [1.54, 1.807) is 29.0 Å². The Morgan fingerprint density at radius 1 is 0.875 bits per heavy atom. The maximum Gasteiger partial charge on any atom is 0.337 e. The third kappa shape index (κ3) is 4.72. The summed E-state index contributed by atoms with van der Waals surface area (Å²) in [6.45, 7) is 0.0156. The van der Waals surface area contributed by atoms with Crippen LogP contribution in [-0.4, -0.2) is 52.2 Å². The number of sulfonamides is 1. The number of hydrogen-bond donors (Lipinski definition) is 1. The Labute approximate surface area is 183 Å². The summed E-state index contributed by atoms with van der Waals surface area (Å²) in [5, 5.41) is 0.688. The zero-order chi connectivity index (χ0) is 23.5. The highest BCUT2D eigenvalue weighted by Gasteiger charge is 2.21. The van der Waals surface area contributed by atoms with Crippen LogP contribution in [0.2, 0.25) is 0 Å². The van der Waals surface area contributed by atoms with Gasteiger partial charge in [0.2, 0.25) is 0 Å². The molecule has 1 aromatic heterocycles. The largest absolute Gasteiger partial charge is 0.468 e. The summed E-state index contributed by atoms with van der Waals surface area (Å²) in [6.07, 6.45) is 1.68. The van der Waals surface area contributed by atoms with Crippen molar-refractivity contribution in [3.05, 3.63) is 59.8 Å². The minimum atomic E-state index is -4.17. The third-order valence-corrected chi connectivity index (χ3v) is 5.97. The SMILES string of the molecule is COC(=O)Cn1ccc2cc(NS(=O)(=O)c3cc(C(=O)OC)cc(C(=O)OC)c3)ccc21. The highest BCUT2D eigenvalue weighted by molar-refractivity contribution is 7.92. The molecule has 0 atom stereocenters. The predicted molar refractivity (Wildman–Crippen MR) is 114 cm³/mol. The van der Waals surface area contributed by atoms with E-state index < -0.39 is 27.9 Å². The molecule has 0 radical (unpaired) electrons. The molecule has 0 unspecified atom stereocenters. The van der Waals surface area contributed by atoms with Gasteiger partial charge < -0.3 is 18.8 Å². The van der Waals surface area contributed by atoms with E-state index in [9.17, 15) is 22.8 Å². The Morgan fingerprint density at radius 2 is 1.50 bits per heavy atom. The van der Waals surface area contributed by atoms with Gasteiger partial charge in [0, 0.05) is 22.8 Å². The van der Waals surface area contributed by atoms with Gasteiger partial charge in [-0.25, -0.2) is 18.0 Å². The van der Waals surface area contributed by atoms with Crippen molar-refractivity contribution in [1.29, 1.82) is 0 Å². The number of esters is 3. The topological polar surface area (TPSA) is 130 Å². The average Bonchev–Trinajstić information content (AvgIpc) is 3.18. The molecule has 3 aromatic rings. The van der Waals surface area contributed by atoms with E-state index in [-0.39, 0.29) is 28.3 Å². The van der Waals surface area contributed by atoms with Crippen LogP contribution in [-0.2, 0) is 35.6 Å². The van der Waals surface area contributed by atoms with E-state index in [1.165, 1.54) is 19.2 Å². The number of benzene rings is 2. The van der Waals surface area contributed by atoms with Gasteiger partial charge in [0.15, 0.2) is 0 Å². The first kappa shape index (κ1) is 22.8. The van der Waals surface area contributed by atoms with Gasteiger partial charge in [-0.05, 0) is 42.5 Å². The number of aromatic nitrogens is 1.